The third-order valence-electron chi connectivity index (χ3n) is 2.91. The summed E-state index contributed by atoms with van der Waals surface area (Å²) < 4.78 is 5.30. The minimum Gasteiger partial charge on any atom is -0.478 e. The molecule has 96 valence electrons. The molecule has 4 nitrogen and oxygen atoms in total. The van der Waals surface area contributed by atoms with Crippen LogP contribution in [0.3, 0.4) is 0 Å². The van der Waals surface area contributed by atoms with Crippen LogP contribution >= 0.6 is 0 Å². The van der Waals surface area contributed by atoms with Gasteiger partial charge in [-0.1, -0.05) is 24.3 Å². The van der Waals surface area contributed by atoms with Gasteiger partial charge in [-0.25, -0.2) is 4.79 Å². The lowest BCUT2D eigenvalue weighted by Gasteiger charge is -2.26. The molecule has 1 aliphatic heterocycles. The van der Waals surface area contributed by atoms with Crippen LogP contribution in [0.15, 0.2) is 30.3 Å². The molecule has 0 atom stereocenters. The van der Waals surface area contributed by atoms with Gasteiger partial charge in [-0.15, -0.1) is 0 Å². The van der Waals surface area contributed by atoms with Gasteiger partial charge in [-0.05, 0) is 17.2 Å². The van der Waals surface area contributed by atoms with Crippen molar-refractivity contribution in [2.45, 2.75) is 6.54 Å². The van der Waals surface area contributed by atoms with Crippen molar-refractivity contribution in [1.29, 1.82) is 0 Å². The summed E-state index contributed by atoms with van der Waals surface area (Å²) in [5.41, 5.74) is 2.15. The van der Waals surface area contributed by atoms with Crippen LogP contribution in [0.4, 0.5) is 0 Å². The van der Waals surface area contributed by atoms with E-state index in [1.165, 1.54) is 5.56 Å². The van der Waals surface area contributed by atoms with Gasteiger partial charge in [0.25, 0.3) is 0 Å². The predicted molar refractivity (Wildman–Crippen MR) is 69.2 cm³/mol. The topological polar surface area (TPSA) is 49.8 Å². The third-order valence-corrected chi connectivity index (χ3v) is 2.91. The maximum Gasteiger partial charge on any atom is 0.328 e. The molecule has 0 aliphatic carbocycles. The van der Waals surface area contributed by atoms with Gasteiger partial charge in [0.2, 0.25) is 0 Å². The standard InChI is InChI=1S/C14H17NO3/c16-14(17)6-5-12-1-3-13(4-2-12)11-15-7-9-18-10-8-15/h1-6H,7-11H2,(H,16,17). The highest BCUT2D eigenvalue weighted by Gasteiger charge is 2.10. The van der Waals surface area contributed by atoms with Crippen molar-refractivity contribution in [2.75, 3.05) is 26.3 Å². The number of carboxylic acid groups (broad SMARTS) is 1. The molecule has 1 aromatic rings. The number of nitrogens with zero attached hydrogens (tertiary/aromatic N) is 1. The molecule has 0 radical (unpaired) electrons. The number of ether oxygens (including phenoxy) is 1. The number of morpholine rings is 1. The van der Waals surface area contributed by atoms with Gasteiger partial charge in [0.1, 0.15) is 0 Å². The van der Waals surface area contributed by atoms with Crippen molar-refractivity contribution < 1.29 is 14.6 Å². The quantitative estimate of drug-likeness (QED) is 0.821. The summed E-state index contributed by atoms with van der Waals surface area (Å²) in [6, 6.07) is 7.96. The fourth-order valence-electron chi connectivity index (χ4n) is 1.92. The van der Waals surface area contributed by atoms with E-state index in [1.54, 1.807) is 6.08 Å². The van der Waals surface area contributed by atoms with Crippen LogP contribution in [0.1, 0.15) is 11.1 Å². The summed E-state index contributed by atoms with van der Waals surface area (Å²) in [6.45, 7) is 4.48. The zero-order valence-corrected chi connectivity index (χ0v) is 10.2. The molecule has 0 amide bonds. The van der Waals surface area contributed by atoms with Crippen LogP contribution in [-0.4, -0.2) is 42.3 Å². The van der Waals surface area contributed by atoms with Gasteiger partial charge < -0.3 is 9.84 Å². The highest BCUT2D eigenvalue weighted by molar-refractivity contribution is 5.85. The Morgan fingerprint density at radius 2 is 1.94 bits per heavy atom. The lowest BCUT2D eigenvalue weighted by Crippen LogP contribution is -2.35. The van der Waals surface area contributed by atoms with Gasteiger partial charge in [0.15, 0.2) is 0 Å². The maximum atomic E-state index is 10.4. The highest BCUT2D eigenvalue weighted by Crippen LogP contribution is 2.10. The third kappa shape index (κ3) is 3.98. The monoisotopic (exact) mass is 247 g/mol. The van der Waals surface area contributed by atoms with Crippen molar-refractivity contribution in [1.82, 2.24) is 4.90 Å². The first kappa shape index (κ1) is 12.8. The molecule has 18 heavy (non-hydrogen) atoms. The molecule has 0 unspecified atom stereocenters. The van der Waals surface area contributed by atoms with Crippen LogP contribution in [0.2, 0.25) is 0 Å². The number of benzene rings is 1. The fourth-order valence-corrected chi connectivity index (χ4v) is 1.92. The number of rotatable bonds is 4. The minimum absolute atomic E-state index is 0.805. The second-order valence-electron chi connectivity index (χ2n) is 4.30. The molecule has 0 bridgehead atoms. The van der Waals surface area contributed by atoms with Crippen LogP contribution in [0.25, 0.3) is 6.08 Å². The normalized spacial score (nSPS) is 17.1. The van der Waals surface area contributed by atoms with Crippen LogP contribution in [0, 0.1) is 0 Å². The van der Waals surface area contributed by atoms with Gasteiger partial charge in [-0.2, -0.15) is 0 Å². The van der Waals surface area contributed by atoms with Gasteiger partial charge in [-0.3, -0.25) is 4.90 Å². The van der Waals surface area contributed by atoms with E-state index >= 15 is 0 Å². The van der Waals surface area contributed by atoms with E-state index in [9.17, 15) is 4.79 Å². The van der Waals surface area contributed by atoms with Gasteiger partial charge in [0.05, 0.1) is 13.2 Å². The van der Waals surface area contributed by atoms with Crippen molar-refractivity contribution >= 4 is 12.0 Å². The molecule has 1 aliphatic rings. The van der Waals surface area contributed by atoms with Crippen LogP contribution in [-0.2, 0) is 16.1 Å². The fraction of sp³-hybridized carbons (Fsp3) is 0.357. The summed E-state index contributed by atoms with van der Waals surface area (Å²) >= 11 is 0. The summed E-state index contributed by atoms with van der Waals surface area (Å²) in [5, 5.41) is 8.54. The molecule has 1 N–H and O–H groups in total. The lowest BCUT2D eigenvalue weighted by molar-refractivity contribution is -0.131. The first-order chi connectivity index (χ1) is 8.74. The SMILES string of the molecule is O=C(O)C=Cc1ccc(CN2CCOCC2)cc1. The minimum atomic E-state index is -0.924. The molecule has 0 spiro atoms. The zero-order valence-electron chi connectivity index (χ0n) is 10.2. The second kappa shape index (κ2) is 6.33. The summed E-state index contributed by atoms with van der Waals surface area (Å²) in [6.07, 6.45) is 2.75. The Balaban J connectivity index is 1.92. The molecule has 0 aromatic heterocycles. The van der Waals surface area contributed by atoms with Crippen LogP contribution in [0.5, 0.6) is 0 Å². The average Bonchev–Trinajstić information content (AvgIpc) is 2.39. The molecular formula is C14H17NO3. The molecule has 1 fully saturated rings. The Labute approximate surface area is 106 Å². The Kier molecular flexibility index (Phi) is 4.50. The molecule has 1 aromatic carbocycles. The molecule has 0 saturated carbocycles. The summed E-state index contributed by atoms with van der Waals surface area (Å²) in [7, 11) is 0. The molecule has 4 heteroatoms. The first-order valence-corrected chi connectivity index (χ1v) is 6.04. The maximum absolute atomic E-state index is 10.4. The van der Waals surface area contributed by atoms with Gasteiger partial charge in [0, 0.05) is 25.7 Å². The Morgan fingerprint density at radius 3 is 2.56 bits per heavy atom. The van der Waals surface area contributed by atoms with E-state index in [0.717, 1.165) is 44.5 Å². The van der Waals surface area contributed by atoms with E-state index in [2.05, 4.69) is 4.90 Å². The number of carboxylic acids is 1. The highest BCUT2D eigenvalue weighted by atomic mass is 16.5. The smallest absolute Gasteiger partial charge is 0.328 e. The largest absolute Gasteiger partial charge is 0.478 e. The van der Waals surface area contributed by atoms with Crippen LogP contribution < -0.4 is 0 Å². The Hall–Kier alpha value is -1.65. The number of carbonyl (C=O) groups is 1. The average molecular weight is 247 g/mol. The van der Waals surface area contributed by atoms with Crippen molar-refractivity contribution in [3.63, 3.8) is 0 Å². The molecule has 1 heterocycles. The Bertz CT molecular complexity index is 419. The van der Waals surface area contributed by atoms with Crippen molar-refractivity contribution in [3.05, 3.63) is 41.5 Å². The first-order valence-electron chi connectivity index (χ1n) is 6.04. The number of hydrogen-bond donors (Lipinski definition) is 1. The predicted octanol–water partition coefficient (Wildman–Crippen LogP) is 1.62. The van der Waals surface area contributed by atoms with E-state index in [0.29, 0.717) is 0 Å². The Morgan fingerprint density at radius 1 is 1.28 bits per heavy atom. The van der Waals surface area contributed by atoms with E-state index in [-0.39, 0.29) is 0 Å². The van der Waals surface area contributed by atoms with E-state index in [1.807, 2.05) is 24.3 Å². The molecule has 1 saturated heterocycles. The lowest BCUT2D eigenvalue weighted by atomic mass is 10.1. The van der Waals surface area contributed by atoms with Gasteiger partial charge >= 0.3 is 5.97 Å². The zero-order chi connectivity index (χ0) is 12.8. The summed E-state index contributed by atoms with van der Waals surface area (Å²) in [5.74, 6) is -0.924. The molecule has 2 rings (SSSR count). The summed E-state index contributed by atoms with van der Waals surface area (Å²) in [4.78, 5) is 12.7. The van der Waals surface area contributed by atoms with Crippen molar-refractivity contribution in [2.24, 2.45) is 0 Å². The second-order valence-corrected chi connectivity index (χ2v) is 4.30. The number of hydrogen-bond acceptors (Lipinski definition) is 3. The number of aliphatic carboxylic acids is 1. The van der Waals surface area contributed by atoms with Crippen molar-refractivity contribution in [3.8, 4) is 0 Å². The molecular weight excluding hydrogens is 230 g/mol. The van der Waals surface area contributed by atoms with E-state index in [4.69, 9.17) is 9.84 Å². The van der Waals surface area contributed by atoms with E-state index < -0.39 is 5.97 Å².